The van der Waals surface area contributed by atoms with Crippen molar-refractivity contribution in [2.75, 3.05) is 33.2 Å². The van der Waals surface area contributed by atoms with Crippen LogP contribution in [0.1, 0.15) is 36.6 Å². The van der Waals surface area contributed by atoms with E-state index >= 15 is 0 Å². The van der Waals surface area contributed by atoms with E-state index in [1.807, 2.05) is 7.05 Å². The molecule has 1 fully saturated rings. The second kappa shape index (κ2) is 8.53. The topological polar surface area (TPSA) is 35.6 Å². The molecule has 1 aliphatic heterocycles. The zero-order valence-electron chi connectivity index (χ0n) is 14.1. The molecule has 0 saturated carbocycles. The van der Waals surface area contributed by atoms with Gasteiger partial charge in [0.25, 0.3) is 0 Å². The van der Waals surface area contributed by atoms with Crippen molar-refractivity contribution in [3.63, 3.8) is 0 Å². The summed E-state index contributed by atoms with van der Waals surface area (Å²) in [7, 11) is 1.86. The maximum absolute atomic E-state index is 12.1. The number of thiophene rings is 1. The third-order valence-corrected chi connectivity index (χ3v) is 5.51. The van der Waals surface area contributed by atoms with Gasteiger partial charge in [0.05, 0.1) is 6.54 Å². The average molecular weight is 324 g/mol. The Hall–Kier alpha value is -1.07. The van der Waals surface area contributed by atoms with E-state index in [-0.39, 0.29) is 6.03 Å². The summed E-state index contributed by atoms with van der Waals surface area (Å²) in [5.41, 5.74) is 1.27. The standard InChI is InChI=1S/C17H29N3OS/c1-14-5-10-20(11-6-14)9-4-8-18-17(21)19(3)13-16-15(2)7-12-22-16/h7,12,14H,4-6,8-11,13H2,1-3H3,(H,18,21). The van der Waals surface area contributed by atoms with Gasteiger partial charge in [-0.15, -0.1) is 11.3 Å². The Morgan fingerprint density at radius 2 is 2.18 bits per heavy atom. The lowest BCUT2D eigenvalue weighted by Gasteiger charge is -2.30. The number of piperidine rings is 1. The fourth-order valence-electron chi connectivity index (χ4n) is 2.77. The number of likely N-dealkylation sites (tertiary alicyclic amines) is 1. The van der Waals surface area contributed by atoms with Gasteiger partial charge in [-0.2, -0.15) is 0 Å². The lowest BCUT2D eigenvalue weighted by atomic mass is 9.99. The Bertz CT molecular complexity index is 466. The highest BCUT2D eigenvalue weighted by atomic mass is 32.1. The molecule has 0 bridgehead atoms. The Morgan fingerprint density at radius 3 is 2.82 bits per heavy atom. The molecule has 4 nitrogen and oxygen atoms in total. The number of hydrogen-bond donors (Lipinski definition) is 1. The van der Waals surface area contributed by atoms with Crippen LogP contribution >= 0.6 is 11.3 Å². The van der Waals surface area contributed by atoms with Crippen LogP contribution in [0.4, 0.5) is 4.79 Å². The fourth-order valence-corrected chi connectivity index (χ4v) is 3.73. The first-order valence-corrected chi connectivity index (χ1v) is 9.18. The van der Waals surface area contributed by atoms with Gasteiger partial charge in [-0.1, -0.05) is 6.92 Å². The van der Waals surface area contributed by atoms with Crippen molar-refractivity contribution >= 4 is 17.4 Å². The van der Waals surface area contributed by atoms with Crippen LogP contribution in [0.25, 0.3) is 0 Å². The lowest BCUT2D eigenvalue weighted by Crippen LogP contribution is -2.39. The number of hydrogen-bond acceptors (Lipinski definition) is 3. The summed E-state index contributed by atoms with van der Waals surface area (Å²) in [4.78, 5) is 17.6. The molecular weight excluding hydrogens is 294 g/mol. The summed E-state index contributed by atoms with van der Waals surface area (Å²) in [5, 5.41) is 5.11. The van der Waals surface area contributed by atoms with Crippen molar-refractivity contribution in [2.45, 2.75) is 39.7 Å². The number of urea groups is 1. The number of carbonyl (C=O) groups excluding carboxylic acids is 1. The molecule has 1 N–H and O–H groups in total. The summed E-state index contributed by atoms with van der Waals surface area (Å²) < 4.78 is 0. The molecule has 0 radical (unpaired) electrons. The van der Waals surface area contributed by atoms with Gasteiger partial charge in [-0.05, 0) is 68.7 Å². The summed E-state index contributed by atoms with van der Waals surface area (Å²) in [6, 6.07) is 2.13. The molecule has 0 unspecified atom stereocenters. The van der Waals surface area contributed by atoms with E-state index in [0.717, 1.165) is 25.4 Å². The van der Waals surface area contributed by atoms with Crippen LogP contribution in [-0.4, -0.2) is 49.1 Å². The lowest BCUT2D eigenvalue weighted by molar-refractivity contribution is 0.187. The Labute approximate surface area is 138 Å². The van der Waals surface area contributed by atoms with Crippen LogP contribution in [-0.2, 0) is 6.54 Å². The van der Waals surface area contributed by atoms with Gasteiger partial charge in [0.15, 0.2) is 0 Å². The number of nitrogens with one attached hydrogen (secondary N) is 1. The van der Waals surface area contributed by atoms with Crippen molar-refractivity contribution < 1.29 is 4.79 Å². The summed E-state index contributed by atoms with van der Waals surface area (Å²) in [6.07, 6.45) is 3.66. The Kier molecular flexibility index (Phi) is 6.70. The minimum Gasteiger partial charge on any atom is -0.338 e. The smallest absolute Gasteiger partial charge is 0.317 e. The summed E-state index contributed by atoms with van der Waals surface area (Å²) in [6.45, 7) is 9.41. The molecule has 1 aromatic rings. The molecule has 22 heavy (non-hydrogen) atoms. The van der Waals surface area contributed by atoms with Gasteiger partial charge >= 0.3 is 6.03 Å². The molecule has 5 heteroatoms. The summed E-state index contributed by atoms with van der Waals surface area (Å²) >= 11 is 1.71. The number of amides is 2. The molecule has 2 heterocycles. The number of nitrogens with zero attached hydrogens (tertiary/aromatic N) is 2. The zero-order valence-corrected chi connectivity index (χ0v) is 14.9. The Morgan fingerprint density at radius 1 is 1.45 bits per heavy atom. The van der Waals surface area contributed by atoms with Gasteiger partial charge in [0.1, 0.15) is 0 Å². The van der Waals surface area contributed by atoms with Gasteiger partial charge < -0.3 is 15.1 Å². The second-order valence-electron chi connectivity index (χ2n) is 6.49. The number of aryl methyl sites for hydroxylation is 1. The maximum Gasteiger partial charge on any atom is 0.317 e. The van der Waals surface area contributed by atoms with E-state index in [9.17, 15) is 4.79 Å². The van der Waals surface area contributed by atoms with E-state index in [1.54, 1.807) is 16.2 Å². The highest BCUT2D eigenvalue weighted by molar-refractivity contribution is 7.10. The average Bonchev–Trinajstić information content (AvgIpc) is 2.90. The van der Waals surface area contributed by atoms with E-state index in [0.29, 0.717) is 6.54 Å². The molecule has 0 aliphatic carbocycles. The molecule has 1 saturated heterocycles. The first-order valence-electron chi connectivity index (χ1n) is 8.30. The highest BCUT2D eigenvalue weighted by Crippen LogP contribution is 2.17. The molecule has 0 aromatic carbocycles. The van der Waals surface area contributed by atoms with Crippen LogP contribution < -0.4 is 5.32 Å². The molecule has 2 rings (SSSR count). The van der Waals surface area contributed by atoms with Crippen LogP contribution in [0.3, 0.4) is 0 Å². The molecule has 0 atom stereocenters. The van der Waals surface area contributed by atoms with Crippen LogP contribution in [0.2, 0.25) is 0 Å². The molecule has 1 aromatic heterocycles. The third kappa shape index (κ3) is 5.29. The minimum atomic E-state index is 0.0278. The highest BCUT2D eigenvalue weighted by Gasteiger charge is 2.15. The van der Waals surface area contributed by atoms with Gasteiger partial charge in [0.2, 0.25) is 0 Å². The molecule has 0 spiro atoms. The van der Waals surface area contributed by atoms with Crippen molar-refractivity contribution in [3.05, 3.63) is 21.9 Å². The van der Waals surface area contributed by atoms with E-state index in [4.69, 9.17) is 0 Å². The Balaban J connectivity index is 1.60. The van der Waals surface area contributed by atoms with E-state index in [1.165, 1.54) is 36.4 Å². The molecule has 1 aliphatic rings. The van der Waals surface area contributed by atoms with Crippen molar-refractivity contribution in [1.29, 1.82) is 0 Å². The molecular formula is C17H29N3OS. The largest absolute Gasteiger partial charge is 0.338 e. The maximum atomic E-state index is 12.1. The summed E-state index contributed by atoms with van der Waals surface area (Å²) in [5.74, 6) is 0.880. The first kappa shape index (κ1) is 17.3. The first-order chi connectivity index (χ1) is 10.6. The molecule has 124 valence electrons. The second-order valence-corrected chi connectivity index (χ2v) is 7.49. The van der Waals surface area contributed by atoms with Crippen molar-refractivity contribution in [1.82, 2.24) is 15.1 Å². The van der Waals surface area contributed by atoms with Gasteiger partial charge in [0, 0.05) is 18.5 Å². The number of rotatable bonds is 6. The predicted molar refractivity (Wildman–Crippen MR) is 93.4 cm³/mol. The fraction of sp³-hybridized carbons (Fsp3) is 0.706. The monoisotopic (exact) mass is 323 g/mol. The van der Waals surface area contributed by atoms with E-state index < -0.39 is 0 Å². The zero-order chi connectivity index (χ0) is 15.9. The quantitative estimate of drug-likeness (QED) is 0.815. The SMILES string of the molecule is Cc1ccsc1CN(C)C(=O)NCCCN1CCC(C)CC1. The minimum absolute atomic E-state index is 0.0278. The predicted octanol–water partition coefficient (Wildman–Crippen LogP) is 3.32. The van der Waals surface area contributed by atoms with Crippen molar-refractivity contribution in [3.8, 4) is 0 Å². The molecule has 2 amide bonds. The van der Waals surface area contributed by atoms with Gasteiger partial charge in [-0.3, -0.25) is 0 Å². The number of carbonyl (C=O) groups is 1. The van der Waals surface area contributed by atoms with E-state index in [2.05, 4.69) is 35.5 Å². The third-order valence-electron chi connectivity index (χ3n) is 4.50. The van der Waals surface area contributed by atoms with Crippen molar-refractivity contribution in [2.24, 2.45) is 5.92 Å². The van der Waals surface area contributed by atoms with Gasteiger partial charge in [-0.25, -0.2) is 4.79 Å². The van der Waals surface area contributed by atoms with Crippen LogP contribution in [0.15, 0.2) is 11.4 Å². The van der Waals surface area contributed by atoms with Crippen LogP contribution in [0.5, 0.6) is 0 Å². The van der Waals surface area contributed by atoms with Crippen LogP contribution in [0, 0.1) is 12.8 Å². The normalized spacial score (nSPS) is 16.7.